The smallest absolute Gasteiger partial charge is 0.222 e. The van der Waals surface area contributed by atoms with Gasteiger partial charge in [0.2, 0.25) is 5.91 Å². The first-order chi connectivity index (χ1) is 9.11. The summed E-state index contributed by atoms with van der Waals surface area (Å²) >= 11 is 6.27. The van der Waals surface area contributed by atoms with Crippen molar-refractivity contribution in [3.8, 4) is 0 Å². The Morgan fingerprint density at radius 2 is 2.37 bits per heavy atom. The van der Waals surface area contributed by atoms with Crippen LogP contribution in [0.25, 0.3) is 0 Å². The zero-order chi connectivity index (χ0) is 13.8. The van der Waals surface area contributed by atoms with Gasteiger partial charge in [-0.2, -0.15) is 0 Å². The van der Waals surface area contributed by atoms with Gasteiger partial charge >= 0.3 is 0 Å². The van der Waals surface area contributed by atoms with E-state index in [4.69, 9.17) is 17.3 Å². The molecule has 0 saturated carbocycles. The SMILES string of the molecule is CNCc1ccc(N2CCCC(C(N)=O)C2)cc1Cl. The molecule has 0 aromatic heterocycles. The van der Waals surface area contributed by atoms with Crippen molar-refractivity contribution in [1.29, 1.82) is 0 Å². The Balaban J connectivity index is 2.13. The highest BCUT2D eigenvalue weighted by molar-refractivity contribution is 6.31. The predicted molar refractivity (Wildman–Crippen MR) is 78.3 cm³/mol. The maximum absolute atomic E-state index is 11.3. The average molecular weight is 282 g/mol. The molecule has 0 spiro atoms. The van der Waals surface area contributed by atoms with E-state index < -0.39 is 0 Å². The fraction of sp³-hybridized carbons (Fsp3) is 0.500. The van der Waals surface area contributed by atoms with Crippen LogP contribution in [0.5, 0.6) is 0 Å². The van der Waals surface area contributed by atoms with Crippen molar-refractivity contribution >= 4 is 23.2 Å². The molecule has 3 N–H and O–H groups in total. The molecule has 1 fully saturated rings. The molecular formula is C14H20ClN3O. The summed E-state index contributed by atoms with van der Waals surface area (Å²) in [5, 5.41) is 3.84. The van der Waals surface area contributed by atoms with Crippen LogP contribution in [0, 0.1) is 5.92 Å². The third-order valence-corrected chi connectivity index (χ3v) is 3.94. The summed E-state index contributed by atoms with van der Waals surface area (Å²) in [7, 11) is 1.90. The van der Waals surface area contributed by atoms with Crippen molar-refractivity contribution in [1.82, 2.24) is 5.32 Å². The Morgan fingerprint density at radius 3 is 3.00 bits per heavy atom. The number of carbonyl (C=O) groups excluding carboxylic acids is 1. The summed E-state index contributed by atoms with van der Waals surface area (Å²) in [6.45, 7) is 2.39. The highest BCUT2D eigenvalue weighted by Gasteiger charge is 2.24. The molecule has 19 heavy (non-hydrogen) atoms. The topological polar surface area (TPSA) is 58.4 Å². The molecule has 1 unspecified atom stereocenters. The second-order valence-corrected chi connectivity index (χ2v) is 5.40. The van der Waals surface area contributed by atoms with Crippen LogP contribution in [0.3, 0.4) is 0 Å². The zero-order valence-electron chi connectivity index (χ0n) is 11.2. The van der Waals surface area contributed by atoms with Gasteiger partial charge in [0.1, 0.15) is 0 Å². The Morgan fingerprint density at radius 1 is 1.58 bits per heavy atom. The number of anilines is 1. The summed E-state index contributed by atoms with van der Waals surface area (Å²) in [4.78, 5) is 13.5. The van der Waals surface area contributed by atoms with Gasteiger partial charge < -0.3 is 16.0 Å². The molecule has 0 aliphatic carbocycles. The van der Waals surface area contributed by atoms with Crippen molar-refractivity contribution < 1.29 is 4.79 Å². The molecule has 1 atom stereocenters. The molecule has 1 aromatic carbocycles. The fourth-order valence-electron chi connectivity index (χ4n) is 2.51. The number of nitrogens with one attached hydrogen (secondary N) is 1. The molecular weight excluding hydrogens is 262 g/mol. The minimum Gasteiger partial charge on any atom is -0.371 e. The number of carbonyl (C=O) groups is 1. The monoisotopic (exact) mass is 281 g/mol. The number of halogens is 1. The lowest BCUT2D eigenvalue weighted by Gasteiger charge is -2.33. The third kappa shape index (κ3) is 3.39. The molecule has 1 aliphatic rings. The summed E-state index contributed by atoms with van der Waals surface area (Å²) in [6, 6.07) is 6.06. The van der Waals surface area contributed by atoms with E-state index in [1.807, 2.05) is 19.2 Å². The van der Waals surface area contributed by atoms with E-state index in [0.717, 1.165) is 42.2 Å². The molecule has 5 heteroatoms. The van der Waals surface area contributed by atoms with E-state index in [2.05, 4.69) is 16.3 Å². The van der Waals surface area contributed by atoms with E-state index in [0.29, 0.717) is 6.54 Å². The van der Waals surface area contributed by atoms with Gasteiger partial charge in [-0.25, -0.2) is 0 Å². The lowest BCUT2D eigenvalue weighted by Crippen LogP contribution is -2.41. The van der Waals surface area contributed by atoms with E-state index in [9.17, 15) is 4.79 Å². The number of hydrogen-bond acceptors (Lipinski definition) is 3. The van der Waals surface area contributed by atoms with Gasteiger partial charge in [0, 0.05) is 30.3 Å². The molecule has 1 amide bonds. The van der Waals surface area contributed by atoms with Gasteiger partial charge in [-0.3, -0.25) is 4.79 Å². The fourth-order valence-corrected chi connectivity index (χ4v) is 2.75. The Labute approximate surface area is 118 Å². The van der Waals surface area contributed by atoms with Gasteiger partial charge in [0.25, 0.3) is 0 Å². The highest BCUT2D eigenvalue weighted by atomic mass is 35.5. The van der Waals surface area contributed by atoms with Crippen LogP contribution in [0.2, 0.25) is 5.02 Å². The van der Waals surface area contributed by atoms with Gasteiger partial charge in [-0.1, -0.05) is 17.7 Å². The Bertz CT molecular complexity index is 464. The number of hydrogen-bond donors (Lipinski definition) is 2. The molecule has 1 aromatic rings. The van der Waals surface area contributed by atoms with Crippen molar-refractivity contribution in [3.63, 3.8) is 0 Å². The van der Waals surface area contributed by atoms with Crippen molar-refractivity contribution in [2.45, 2.75) is 19.4 Å². The molecule has 104 valence electrons. The summed E-state index contributed by atoms with van der Waals surface area (Å²) < 4.78 is 0. The van der Waals surface area contributed by atoms with Crippen LogP contribution in [0.15, 0.2) is 18.2 Å². The normalized spacial score (nSPS) is 19.5. The molecule has 4 nitrogen and oxygen atoms in total. The first-order valence-electron chi connectivity index (χ1n) is 6.59. The Hall–Kier alpha value is -1.26. The second-order valence-electron chi connectivity index (χ2n) is 4.99. The van der Waals surface area contributed by atoms with Crippen LogP contribution in [-0.2, 0) is 11.3 Å². The van der Waals surface area contributed by atoms with Crippen LogP contribution < -0.4 is 16.0 Å². The van der Waals surface area contributed by atoms with Gasteiger partial charge in [-0.05, 0) is 37.6 Å². The first-order valence-corrected chi connectivity index (χ1v) is 6.97. The van der Waals surface area contributed by atoms with E-state index in [-0.39, 0.29) is 11.8 Å². The number of amides is 1. The summed E-state index contributed by atoms with van der Waals surface area (Å²) in [5.41, 5.74) is 7.55. The quantitative estimate of drug-likeness (QED) is 0.884. The van der Waals surface area contributed by atoms with Crippen molar-refractivity contribution in [3.05, 3.63) is 28.8 Å². The minimum atomic E-state index is -0.206. The highest BCUT2D eigenvalue weighted by Crippen LogP contribution is 2.27. The van der Waals surface area contributed by atoms with Crippen molar-refractivity contribution in [2.75, 3.05) is 25.0 Å². The average Bonchev–Trinajstić information content (AvgIpc) is 2.41. The molecule has 1 saturated heterocycles. The van der Waals surface area contributed by atoms with Crippen molar-refractivity contribution in [2.24, 2.45) is 11.7 Å². The number of nitrogens with two attached hydrogens (primary N) is 1. The summed E-state index contributed by atoms with van der Waals surface area (Å²) in [5.74, 6) is -0.257. The largest absolute Gasteiger partial charge is 0.371 e. The van der Waals surface area contributed by atoms with Gasteiger partial charge in [0.05, 0.1) is 5.92 Å². The van der Waals surface area contributed by atoms with E-state index >= 15 is 0 Å². The molecule has 0 radical (unpaired) electrons. The van der Waals surface area contributed by atoms with Crippen LogP contribution >= 0.6 is 11.6 Å². The van der Waals surface area contributed by atoms with Gasteiger partial charge in [-0.15, -0.1) is 0 Å². The standard InChI is InChI=1S/C14H20ClN3O/c1-17-8-10-4-5-12(7-13(10)15)18-6-2-3-11(9-18)14(16)19/h4-5,7,11,17H,2-3,6,8-9H2,1H3,(H2,16,19). The van der Waals surface area contributed by atoms with Crippen LogP contribution in [0.4, 0.5) is 5.69 Å². The van der Waals surface area contributed by atoms with E-state index in [1.54, 1.807) is 0 Å². The molecule has 1 heterocycles. The van der Waals surface area contributed by atoms with Gasteiger partial charge in [0.15, 0.2) is 0 Å². The molecule has 2 rings (SSSR count). The van der Waals surface area contributed by atoms with Crippen LogP contribution in [-0.4, -0.2) is 26.0 Å². The maximum Gasteiger partial charge on any atom is 0.222 e. The number of rotatable bonds is 4. The number of primary amides is 1. The Kier molecular flexibility index (Phi) is 4.66. The number of benzene rings is 1. The van der Waals surface area contributed by atoms with E-state index in [1.165, 1.54) is 0 Å². The number of piperidine rings is 1. The summed E-state index contributed by atoms with van der Waals surface area (Å²) in [6.07, 6.45) is 1.88. The molecule has 1 aliphatic heterocycles. The third-order valence-electron chi connectivity index (χ3n) is 3.59. The maximum atomic E-state index is 11.3. The lowest BCUT2D eigenvalue weighted by molar-refractivity contribution is -0.122. The second kappa shape index (κ2) is 6.26. The zero-order valence-corrected chi connectivity index (χ0v) is 11.9. The minimum absolute atomic E-state index is 0.0514. The first kappa shape index (κ1) is 14.2. The predicted octanol–water partition coefficient (Wildman–Crippen LogP) is 1.76. The number of nitrogens with zero attached hydrogens (tertiary/aromatic N) is 1. The molecule has 0 bridgehead atoms. The lowest BCUT2D eigenvalue weighted by atomic mass is 9.97. The van der Waals surface area contributed by atoms with Crippen LogP contribution in [0.1, 0.15) is 18.4 Å².